The van der Waals surface area contributed by atoms with E-state index in [-0.39, 0.29) is 61.6 Å². The van der Waals surface area contributed by atoms with Gasteiger partial charge in [-0.15, -0.1) is 0 Å². The summed E-state index contributed by atoms with van der Waals surface area (Å²) in [7, 11) is 0. The normalized spacial score (nSPS) is 14.2. The van der Waals surface area contributed by atoms with Gasteiger partial charge in [0.05, 0.1) is 11.0 Å². The van der Waals surface area contributed by atoms with E-state index in [1.807, 2.05) is 18.2 Å². The number of aromatic hydroxyl groups is 1. The molecule has 0 unspecified atom stereocenters. The van der Waals surface area contributed by atoms with Gasteiger partial charge < -0.3 is 64.5 Å². The Labute approximate surface area is 472 Å². The number of nitro groups is 1. The van der Waals surface area contributed by atoms with Crippen LogP contribution in [0.5, 0.6) is 5.75 Å². The number of fused-ring (bicyclic) bond motifs is 1. The molecule has 80 heavy (non-hydrogen) atoms. The smallest absolute Gasteiger partial charge is 0.269 e. The summed E-state index contributed by atoms with van der Waals surface area (Å²) in [6.07, 6.45) is 5.23. The van der Waals surface area contributed by atoms with Crippen LogP contribution in [0.1, 0.15) is 55.4 Å². The molecule has 0 aliphatic carbocycles. The van der Waals surface area contributed by atoms with Gasteiger partial charge in [0.15, 0.2) is 0 Å². The Morgan fingerprint density at radius 3 is 1.73 bits per heavy atom. The van der Waals surface area contributed by atoms with Crippen molar-refractivity contribution in [1.29, 1.82) is 0 Å². The third-order valence-electron chi connectivity index (χ3n) is 13.0. The summed E-state index contributed by atoms with van der Waals surface area (Å²) in [5.74, 6) is -7.41. The van der Waals surface area contributed by atoms with Crippen molar-refractivity contribution in [1.82, 2.24) is 47.2 Å². The number of hydrogen-bond donors (Lipinski definition) is 14. The van der Waals surface area contributed by atoms with Crippen LogP contribution >= 0.6 is 25.3 Å². The zero-order valence-electron chi connectivity index (χ0n) is 44.1. The van der Waals surface area contributed by atoms with Crippen molar-refractivity contribution in [3.63, 3.8) is 0 Å². The van der Waals surface area contributed by atoms with Crippen molar-refractivity contribution in [3.8, 4) is 5.75 Å². The van der Waals surface area contributed by atoms with Crippen LogP contribution in [0.3, 0.4) is 0 Å². The third-order valence-corrected chi connectivity index (χ3v) is 13.7. The average molecular weight is 1140 g/mol. The van der Waals surface area contributed by atoms with E-state index in [2.05, 4.69) is 72.4 Å². The van der Waals surface area contributed by atoms with Crippen molar-refractivity contribution in [2.45, 2.75) is 107 Å². The van der Waals surface area contributed by atoms with E-state index < -0.39 is 106 Å². The largest absolute Gasteiger partial charge is 0.508 e. The molecule has 0 radical (unpaired) electrons. The van der Waals surface area contributed by atoms with Gasteiger partial charge in [-0.3, -0.25) is 53.5 Å². The number of carbonyl (C=O) groups is 8. The van der Waals surface area contributed by atoms with Crippen LogP contribution in [0.25, 0.3) is 10.9 Å². The fraction of sp³-hybridized carbons (Fsp3) is 0.389. The molecule has 3 aromatic carbocycles. The molecule has 2 aromatic heterocycles. The molecule has 0 spiro atoms. The minimum absolute atomic E-state index is 0.00167. The Bertz CT molecular complexity index is 2930. The van der Waals surface area contributed by atoms with Crippen LogP contribution in [-0.2, 0) is 64.0 Å². The molecule has 0 fully saturated rings. The number of non-ortho nitro benzene ring substituents is 1. The molecule has 2 heterocycles. The predicted octanol–water partition coefficient (Wildman–Crippen LogP) is 0.298. The highest BCUT2D eigenvalue weighted by Crippen LogP contribution is 2.20. The van der Waals surface area contributed by atoms with Gasteiger partial charge in [0.2, 0.25) is 47.3 Å². The molecule has 5 aromatic rings. The summed E-state index contributed by atoms with van der Waals surface area (Å²) in [5.41, 5.74) is 20.5. The number of nitro benzene ring substituents is 1. The quantitative estimate of drug-likeness (QED) is 0.0123. The summed E-state index contributed by atoms with van der Waals surface area (Å²) in [6, 6.07) is 11.6. The van der Waals surface area contributed by atoms with E-state index in [1.54, 1.807) is 50.4 Å². The number of amides is 8. The van der Waals surface area contributed by atoms with Gasteiger partial charge in [0.1, 0.15) is 48.0 Å². The Hall–Kier alpha value is -8.07. The van der Waals surface area contributed by atoms with E-state index in [0.29, 0.717) is 35.1 Å². The maximum Gasteiger partial charge on any atom is 0.269 e. The van der Waals surface area contributed by atoms with Crippen LogP contribution in [0.15, 0.2) is 104 Å². The van der Waals surface area contributed by atoms with Crippen molar-refractivity contribution in [2.75, 3.05) is 18.1 Å². The number of benzene rings is 3. The number of unbranched alkanes of at least 4 members (excludes halogenated alkanes) is 1. The maximum atomic E-state index is 14.8. The molecule has 5 rings (SSSR count). The molecule has 24 nitrogen and oxygen atoms in total. The summed E-state index contributed by atoms with van der Waals surface area (Å²) in [6.45, 7) is 3.57. The minimum Gasteiger partial charge on any atom is -0.508 e. The average Bonchev–Trinajstić information content (AvgIpc) is 3.85. The second-order valence-electron chi connectivity index (χ2n) is 19.4. The standard InChI is InChI=1S/C54H69N13O11S2/c1-30(2)46(54(76)65-45(29-80)52(74)61-41(47(57)69)23-32-14-18-36(68)19-15-32)66-49(71)40(11-5-6-20-55)60-51(73)43(25-34-27-59-39-10-4-3-9-37(34)39)63-50(72)42(24-33-8-7-21-58-26-33)62-53(75)44(28-79)64-48(70)38(56)22-31-12-16-35(17-13-31)67(77)78/h3-4,7-10,12-19,21,26-27,30,38,40-46,59,68,79-80H,5-6,11,20,22-25,28-29,55-56H2,1-2H3,(H2,57,69)(H,60,73)(H,61,74)(H,62,75)(H,63,72)(H,64,70)(H,65,76)(H,66,71)/t38-,40-,41-,42-,43+,44+,45-,46-/m0/s1. The Morgan fingerprint density at radius 2 is 1.15 bits per heavy atom. The number of phenols is 1. The first-order chi connectivity index (χ1) is 38.2. The van der Waals surface area contributed by atoms with Gasteiger partial charge in [-0.25, -0.2) is 0 Å². The number of hydrogen-bond acceptors (Lipinski definition) is 16. The predicted molar refractivity (Wildman–Crippen MR) is 305 cm³/mol. The zero-order chi connectivity index (χ0) is 58.5. The van der Waals surface area contributed by atoms with E-state index in [4.69, 9.17) is 17.2 Å². The van der Waals surface area contributed by atoms with Gasteiger partial charge in [0.25, 0.3) is 5.69 Å². The Kier molecular flexibility index (Phi) is 24.3. The number of aromatic amines is 1. The molecule has 15 N–H and O–H groups in total. The van der Waals surface area contributed by atoms with E-state index >= 15 is 0 Å². The van der Waals surface area contributed by atoms with Gasteiger partial charge in [-0.05, 0) is 84.7 Å². The number of nitrogens with zero attached hydrogens (tertiary/aromatic N) is 2. The first kappa shape index (κ1) is 62.8. The van der Waals surface area contributed by atoms with E-state index in [0.717, 1.165) is 10.9 Å². The molecular formula is C54H69N13O11S2. The summed E-state index contributed by atoms with van der Waals surface area (Å²) >= 11 is 8.56. The summed E-state index contributed by atoms with van der Waals surface area (Å²) < 4.78 is 0. The molecular weight excluding hydrogens is 1070 g/mol. The number of thiol groups is 2. The van der Waals surface area contributed by atoms with Gasteiger partial charge in [-0.2, -0.15) is 25.3 Å². The number of aromatic nitrogens is 2. The van der Waals surface area contributed by atoms with Gasteiger partial charge in [-0.1, -0.05) is 62.4 Å². The van der Waals surface area contributed by atoms with Crippen LogP contribution in [0.4, 0.5) is 5.69 Å². The van der Waals surface area contributed by atoms with Crippen LogP contribution < -0.4 is 54.4 Å². The molecule has 428 valence electrons. The fourth-order valence-corrected chi connectivity index (χ4v) is 8.97. The molecule has 8 atom stereocenters. The van der Waals surface area contributed by atoms with E-state index in [9.17, 15) is 53.6 Å². The molecule has 0 saturated heterocycles. The summed E-state index contributed by atoms with van der Waals surface area (Å²) in [5, 5.41) is 40.2. The van der Waals surface area contributed by atoms with Crippen molar-refractivity contribution < 1.29 is 48.4 Å². The maximum absolute atomic E-state index is 14.8. The van der Waals surface area contributed by atoms with Crippen molar-refractivity contribution in [2.24, 2.45) is 23.1 Å². The van der Waals surface area contributed by atoms with Gasteiger partial charge in [0, 0.05) is 72.4 Å². The number of para-hydroxylation sites is 1. The highest BCUT2D eigenvalue weighted by molar-refractivity contribution is 7.80. The number of rotatable bonds is 31. The van der Waals surface area contributed by atoms with Crippen molar-refractivity contribution in [3.05, 3.63) is 136 Å². The Balaban J connectivity index is 1.36. The third kappa shape index (κ3) is 18.8. The molecule has 26 heteroatoms. The molecule has 0 bridgehead atoms. The SMILES string of the molecule is CC(C)[C@H](NC(=O)[C@H](CCCCN)NC(=O)[C@@H](Cc1c[nH]c2ccccc12)NC(=O)[C@H](Cc1cccnc1)NC(=O)[C@@H](CS)NC(=O)[C@@H](N)Cc1ccc([N+](=O)[O-])cc1)C(=O)N[C@@H](CS)C(=O)N[C@@H](Cc1ccc(O)cc1)C(N)=O. The molecule has 8 amide bonds. The second-order valence-corrected chi connectivity index (χ2v) is 20.1. The number of H-pyrrole nitrogens is 1. The number of phenolic OH excluding ortho intramolecular Hbond substituents is 1. The zero-order valence-corrected chi connectivity index (χ0v) is 45.9. The van der Waals surface area contributed by atoms with Crippen LogP contribution in [0.2, 0.25) is 0 Å². The number of nitrogens with two attached hydrogens (primary N) is 3. The first-order valence-corrected chi connectivity index (χ1v) is 27.0. The highest BCUT2D eigenvalue weighted by atomic mass is 32.1. The Morgan fingerprint density at radius 1 is 0.625 bits per heavy atom. The number of nitrogens with one attached hydrogen (secondary N) is 8. The van der Waals surface area contributed by atoms with Crippen LogP contribution in [-0.4, -0.2) is 134 Å². The molecule has 0 aliphatic rings. The second kappa shape index (κ2) is 30.9. The summed E-state index contributed by atoms with van der Waals surface area (Å²) in [4.78, 5) is 129. The first-order valence-electron chi connectivity index (χ1n) is 25.8. The molecule has 0 saturated carbocycles. The molecule has 0 aliphatic heterocycles. The highest BCUT2D eigenvalue weighted by Gasteiger charge is 2.35. The lowest BCUT2D eigenvalue weighted by Crippen LogP contribution is -2.61. The minimum atomic E-state index is -1.41. The lowest BCUT2D eigenvalue weighted by Gasteiger charge is -2.29. The van der Waals surface area contributed by atoms with Crippen LogP contribution in [0, 0.1) is 16.0 Å². The topological polar surface area (TPSA) is 391 Å². The lowest BCUT2D eigenvalue weighted by atomic mass is 10.00. The fourth-order valence-electron chi connectivity index (χ4n) is 8.45. The monoisotopic (exact) mass is 1140 g/mol. The number of primary amides is 1. The van der Waals surface area contributed by atoms with Crippen molar-refractivity contribution >= 4 is 89.1 Å². The van der Waals surface area contributed by atoms with Gasteiger partial charge >= 0.3 is 0 Å². The lowest BCUT2D eigenvalue weighted by molar-refractivity contribution is -0.384. The van der Waals surface area contributed by atoms with E-state index in [1.165, 1.54) is 48.8 Å². The number of pyridine rings is 1. The number of carbonyl (C=O) groups excluding carboxylic acids is 8.